The number of hydrogen-bond donors (Lipinski definition) is 0. The Morgan fingerprint density at radius 2 is 1.46 bits per heavy atom. The monoisotopic (exact) mass is 366 g/mol. The number of pyridine rings is 2. The molecule has 4 rings (SSSR count). The van der Waals surface area contributed by atoms with Gasteiger partial charge in [-0.05, 0) is 35.7 Å². The topological polar surface area (TPSA) is 52.1 Å². The van der Waals surface area contributed by atoms with Gasteiger partial charge in [-0.1, -0.05) is 66.7 Å². The maximum absolute atomic E-state index is 12.7. The average molecular weight is 366 g/mol. The van der Waals surface area contributed by atoms with Gasteiger partial charge in [0.1, 0.15) is 5.69 Å². The molecule has 0 aliphatic heterocycles. The maximum Gasteiger partial charge on any atom is 0.363 e. The van der Waals surface area contributed by atoms with Crippen LogP contribution in [-0.2, 0) is 0 Å². The molecular weight excluding hydrogens is 348 g/mol. The van der Waals surface area contributed by atoms with Crippen molar-refractivity contribution in [2.24, 2.45) is 0 Å². The molecule has 4 heteroatoms. The molecule has 0 radical (unpaired) electrons. The highest BCUT2D eigenvalue weighted by molar-refractivity contribution is 5.91. The molecule has 4 nitrogen and oxygen atoms in total. The van der Waals surface area contributed by atoms with Gasteiger partial charge in [-0.15, -0.1) is 0 Å². The lowest BCUT2D eigenvalue weighted by atomic mass is 10.0. The van der Waals surface area contributed by atoms with Crippen molar-refractivity contribution >= 4 is 5.97 Å². The minimum absolute atomic E-state index is 0.239. The van der Waals surface area contributed by atoms with Crippen LogP contribution in [0.3, 0.4) is 0 Å². The molecule has 0 atom stereocenters. The summed E-state index contributed by atoms with van der Waals surface area (Å²) in [5, 5.41) is 0. The van der Waals surface area contributed by atoms with E-state index in [0.29, 0.717) is 5.69 Å². The Morgan fingerprint density at radius 3 is 2.11 bits per heavy atom. The fourth-order valence-electron chi connectivity index (χ4n) is 2.85. The lowest BCUT2D eigenvalue weighted by molar-refractivity contribution is 0.0721. The fraction of sp³-hybridized carbons (Fsp3) is 0.0417. The molecule has 0 fully saturated rings. The highest BCUT2D eigenvalue weighted by atomic mass is 16.5. The van der Waals surface area contributed by atoms with Gasteiger partial charge in [0, 0.05) is 17.8 Å². The molecule has 0 aliphatic rings. The highest BCUT2D eigenvalue weighted by Crippen LogP contribution is 2.26. The van der Waals surface area contributed by atoms with Crippen LogP contribution in [0, 0.1) is 6.92 Å². The Hall–Kier alpha value is -3.79. The zero-order valence-corrected chi connectivity index (χ0v) is 15.4. The van der Waals surface area contributed by atoms with Crippen LogP contribution in [0.2, 0.25) is 0 Å². The Labute approximate surface area is 163 Å². The van der Waals surface area contributed by atoms with Gasteiger partial charge in [-0.25, -0.2) is 14.8 Å². The van der Waals surface area contributed by atoms with Crippen molar-refractivity contribution in [2.75, 3.05) is 0 Å². The first-order valence-corrected chi connectivity index (χ1v) is 8.97. The van der Waals surface area contributed by atoms with Gasteiger partial charge < -0.3 is 4.74 Å². The summed E-state index contributed by atoms with van der Waals surface area (Å²) in [7, 11) is 0. The largest absolute Gasteiger partial charge is 0.403 e. The minimum Gasteiger partial charge on any atom is -0.403 e. The molecule has 0 saturated carbocycles. The first-order chi connectivity index (χ1) is 13.7. The number of nitrogens with zero attached hydrogens (tertiary/aromatic N) is 2. The summed E-state index contributed by atoms with van der Waals surface area (Å²) in [6.07, 6.45) is 1.66. The molecule has 2 aromatic carbocycles. The van der Waals surface area contributed by atoms with Gasteiger partial charge >= 0.3 is 5.97 Å². The molecule has 0 saturated heterocycles. The second-order valence-corrected chi connectivity index (χ2v) is 6.42. The van der Waals surface area contributed by atoms with Crippen molar-refractivity contribution in [1.82, 2.24) is 9.97 Å². The minimum atomic E-state index is -0.536. The molecule has 0 N–H and O–H groups in total. The quantitative estimate of drug-likeness (QED) is 0.458. The molecule has 0 amide bonds. The smallest absolute Gasteiger partial charge is 0.363 e. The molecule has 0 spiro atoms. The maximum atomic E-state index is 12.7. The van der Waals surface area contributed by atoms with Crippen LogP contribution >= 0.6 is 0 Å². The number of esters is 1. The van der Waals surface area contributed by atoms with Gasteiger partial charge in [0.05, 0.1) is 5.69 Å². The summed E-state index contributed by atoms with van der Waals surface area (Å²) in [4.78, 5) is 21.4. The third kappa shape index (κ3) is 3.96. The number of hydrogen-bond acceptors (Lipinski definition) is 4. The zero-order valence-electron chi connectivity index (χ0n) is 15.4. The van der Waals surface area contributed by atoms with Crippen molar-refractivity contribution < 1.29 is 9.53 Å². The van der Waals surface area contributed by atoms with Gasteiger partial charge in [0.15, 0.2) is 0 Å². The number of carbonyl (C=O) groups is 1. The molecule has 136 valence electrons. The van der Waals surface area contributed by atoms with E-state index in [4.69, 9.17) is 4.74 Å². The summed E-state index contributed by atoms with van der Waals surface area (Å²) < 4.78 is 5.42. The van der Waals surface area contributed by atoms with Gasteiger partial charge in [-0.3, -0.25) is 0 Å². The fourth-order valence-corrected chi connectivity index (χ4v) is 2.85. The van der Waals surface area contributed by atoms with E-state index in [1.54, 1.807) is 18.3 Å². The molecule has 2 heterocycles. The van der Waals surface area contributed by atoms with E-state index in [9.17, 15) is 4.79 Å². The molecular formula is C24H18N2O2. The van der Waals surface area contributed by atoms with E-state index in [2.05, 4.69) is 9.97 Å². The molecule has 2 aromatic heterocycles. The van der Waals surface area contributed by atoms with E-state index in [0.717, 1.165) is 22.3 Å². The predicted octanol–water partition coefficient (Wildman–Crippen LogP) is 5.34. The molecule has 0 bridgehead atoms. The Balaban J connectivity index is 1.75. The van der Waals surface area contributed by atoms with Crippen LogP contribution in [0.15, 0.2) is 91.1 Å². The Morgan fingerprint density at radius 1 is 0.786 bits per heavy atom. The van der Waals surface area contributed by atoms with Crippen LogP contribution < -0.4 is 4.74 Å². The standard InChI is InChI=1S/C24H18N2O2/c1-17-12-13-23(25-16-17)28-24(27)22-15-20(18-8-4-2-5-9-18)14-21(26-22)19-10-6-3-7-11-19/h2-16H,1H3. The van der Waals surface area contributed by atoms with Crippen LogP contribution in [0.1, 0.15) is 16.1 Å². The summed E-state index contributed by atoms with van der Waals surface area (Å²) >= 11 is 0. The normalized spacial score (nSPS) is 10.5. The number of ether oxygens (including phenoxy) is 1. The van der Waals surface area contributed by atoms with Gasteiger partial charge in [0.25, 0.3) is 0 Å². The van der Waals surface area contributed by atoms with E-state index >= 15 is 0 Å². The number of rotatable bonds is 4. The Bertz CT molecular complexity index is 1030. The summed E-state index contributed by atoms with van der Waals surface area (Å²) in [5.74, 6) is -0.282. The second kappa shape index (κ2) is 7.84. The lowest BCUT2D eigenvalue weighted by Gasteiger charge is -2.09. The number of aryl methyl sites for hydroxylation is 1. The summed E-state index contributed by atoms with van der Waals surface area (Å²) in [6.45, 7) is 1.93. The third-order valence-electron chi connectivity index (χ3n) is 4.29. The predicted molar refractivity (Wildman–Crippen MR) is 109 cm³/mol. The molecule has 0 unspecified atom stereocenters. The third-order valence-corrected chi connectivity index (χ3v) is 4.29. The second-order valence-electron chi connectivity index (χ2n) is 6.42. The van der Waals surface area contributed by atoms with E-state index in [-0.39, 0.29) is 11.6 Å². The zero-order chi connectivity index (χ0) is 19.3. The first kappa shape index (κ1) is 17.6. The van der Waals surface area contributed by atoms with E-state index < -0.39 is 5.97 Å². The summed E-state index contributed by atoms with van der Waals surface area (Å²) in [6, 6.07) is 26.9. The average Bonchev–Trinajstić information content (AvgIpc) is 2.76. The van der Waals surface area contributed by atoms with Crippen LogP contribution in [0.5, 0.6) is 5.88 Å². The molecule has 4 aromatic rings. The number of carbonyl (C=O) groups excluding carboxylic acids is 1. The first-order valence-electron chi connectivity index (χ1n) is 8.97. The molecule has 0 aliphatic carbocycles. The van der Waals surface area contributed by atoms with Crippen molar-refractivity contribution in [2.45, 2.75) is 6.92 Å². The van der Waals surface area contributed by atoms with Gasteiger partial charge in [-0.2, -0.15) is 0 Å². The summed E-state index contributed by atoms with van der Waals surface area (Å²) in [5.41, 5.74) is 4.79. The van der Waals surface area contributed by atoms with Crippen molar-refractivity contribution in [3.63, 3.8) is 0 Å². The SMILES string of the molecule is Cc1ccc(OC(=O)c2cc(-c3ccccc3)cc(-c3ccccc3)n2)nc1. The van der Waals surface area contributed by atoms with Crippen molar-refractivity contribution in [3.8, 4) is 28.3 Å². The molecule has 28 heavy (non-hydrogen) atoms. The lowest BCUT2D eigenvalue weighted by Crippen LogP contribution is -2.12. The van der Waals surface area contributed by atoms with Crippen molar-refractivity contribution in [1.29, 1.82) is 0 Å². The number of aromatic nitrogens is 2. The van der Waals surface area contributed by atoms with Crippen molar-refractivity contribution in [3.05, 3.63) is 102 Å². The van der Waals surface area contributed by atoms with Crippen LogP contribution in [0.4, 0.5) is 0 Å². The van der Waals surface area contributed by atoms with E-state index in [1.165, 1.54) is 0 Å². The van der Waals surface area contributed by atoms with Crippen LogP contribution in [-0.4, -0.2) is 15.9 Å². The van der Waals surface area contributed by atoms with Crippen LogP contribution in [0.25, 0.3) is 22.4 Å². The van der Waals surface area contributed by atoms with E-state index in [1.807, 2.05) is 79.7 Å². The van der Waals surface area contributed by atoms with Gasteiger partial charge in [0.2, 0.25) is 5.88 Å². The highest BCUT2D eigenvalue weighted by Gasteiger charge is 2.15. The Kier molecular flexibility index (Phi) is 4.93. The number of benzene rings is 2.